The third kappa shape index (κ3) is 2.93. The Balaban J connectivity index is 2.31. The lowest BCUT2D eigenvalue weighted by Crippen LogP contribution is -2.21. The Bertz CT molecular complexity index is 1040. The zero-order chi connectivity index (χ0) is 18.4. The number of nitrogens with zero attached hydrogens (tertiary/aromatic N) is 3. The van der Waals surface area contributed by atoms with E-state index in [9.17, 15) is 22.8 Å². The van der Waals surface area contributed by atoms with E-state index in [-0.39, 0.29) is 23.1 Å². The first-order valence-corrected chi connectivity index (χ1v) is 7.47. The van der Waals surface area contributed by atoms with E-state index in [1.165, 1.54) is 18.6 Å². The summed E-state index contributed by atoms with van der Waals surface area (Å²) >= 11 is 5.65. The van der Waals surface area contributed by atoms with Crippen molar-refractivity contribution in [3.63, 3.8) is 0 Å². The predicted molar refractivity (Wildman–Crippen MR) is 86.5 cm³/mol. The molecule has 130 valence electrons. The monoisotopic (exact) mass is 369 g/mol. The summed E-state index contributed by atoms with van der Waals surface area (Å²) in [5.74, 6) is 0. The molecule has 2 aromatic heterocycles. The summed E-state index contributed by atoms with van der Waals surface area (Å²) in [5, 5.41) is -0.282. The van der Waals surface area contributed by atoms with Crippen LogP contribution in [-0.2, 0) is 24.6 Å². The van der Waals surface area contributed by atoms with Crippen LogP contribution < -0.4 is 5.56 Å². The number of fused-ring (bicyclic) bond motifs is 1. The van der Waals surface area contributed by atoms with Crippen LogP contribution in [0, 0.1) is 0 Å². The smallest absolute Gasteiger partial charge is 0.335 e. The molecule has 0 unspecified atom stereocenters. The topological polar surface area (TPSA) is 56.9 Å². The fourth-order valence-corrected chi connectivity index (χ4v) is 2.87. The maximum Gasteiger partial charge on any atom is 0.417 e. The minimum Gasteiger partial charge on any atom is -0.335 e. The molecule has 0 N–H and O–H groups in total. The first kappa shape index (κ1) is 17.2. The first-order chi connectivity index (χ1) is 11.7. The van der Waals surface area contributed by atoms with Crippen molar-refractivity contribution < 1.29 is 18.0 Å². The van der Waals surface area contributed by atoms with Gasteiger partial charge in [-0.05, 0) is 17.7 Å². The number of carbonyl (C=O) groups excluding carboxylic acids is 1. The van der Waals surface area contributed by atoms with Crippen LogP contribution in [0.3, 0.4) is 0 Å². The number of aromatic nitrogens is 3. The van der Waals surface area contributed by atoms with Gasteiger partial charge < -0.3 is 9.36 Å². The van der Waals surface area contributed by atoms with Crippen molar-refractivity contribution >= 4 is 28.9 Å². The van der Waals surface area contributed by atoms with Gasteiger partial charge in [-0.2, -0.15) is 13.2 Å². The second-order valence-electron chi connectivity index (χ2n) is 5.41. The number of hydrogen-bond acceptors (Lipinski definition) is 3. The standard InChI is InChI=1S/C16H11ClF3N3O2/c1-22-7-10(9-2-3-12(17)11(6-9)16(18,19)20)13-14(22)21-8-23(4-5-24)15(13)25/h2-3,5-8H,4H2,1H3. The molecule has 1 aromatic carbocycles. The summed E-state index contributed by atoms with van der Waals surface area (Å²) in [5.41, 5.74) is -0.704. The third-order valence-electron chi connectivity index (χ3n) is 3.80. The van der Waals surface area contributed by atoms with Crippen LogP contribution in [-0.4, -0.2) is 20.4 Å². The Morgan fingerprint density at radius 3 is 2.68 bits per heavy atom. The molecule has 25 heavy (non-hydrogen) atoms. The number of hydrogen-bond donors (Lipinski definition) is 0. The van der Waals surface area contributed by atoms with Crippen molar-refractivity contribution in [2.45, 2.75) is 12.7 Å². The Morgan fingerprint density at radius 2 is 2.04 bits per heavy atom. The highest BCUT2D eigenvalue weighted by atomic mass is 35.5. The number of benzene rings is 1. The number of rotatable bonds is 3. The maximum atomic E-state index is 13.1. The molecule has 0 amide bonds. The van der Waals surface area contributed by atoms with Gasteiger partial charge >= 0.3 is 6.18 Å². The van der Waals surface area contributed by atoms with Gasteiger partial charge in [0.2, 0.25) is 0 Å². The highest BCUT2D eigenvalue weighted by Crippen LogP contribution is 2.38. The molecule has 0 aliphatic heterocycles. The van der Waals surface area contributed by atoms with Gasteiger partial charge in [-0.1, -0.05) is 17.7 Å². The summed E-state index contributed by atoms with van der Waals surface area (Å²) in [7, 11) is 1.63. The molecule has 5 nitrogen and oxygen atoms in total. The Hall–Kier alpha value is -2.61. The normalized spacial score (nSPS) is 11.9. The molecule has 0 atom stereocenters. The molecular weight excluding hydrogens is 359 g/mol. The van der Waals surface area contributed by atoms with Gasteiger partial charge in [0.05, 0.1) is 22.5 Å². The molecule has 3 aromatic rings. The van der Waals surface area contributed by atoms with Crippen molar-refractivity contribution in [2.75, 3.05) is 0 Å². The van der Waals surface area contributed by atoms with Crippen molar-refractivity contribution in [3.05, 3.63) is 51.7 Å². The van der Waals surface area contributed by atoms with E-state index in [0.717, 1.165) is 16.7 Å². The molecule has 2 heterocycles. The minimum atomic E-state index is -4.62. The Kier molecular flexibility index (Phi) is 4.16. The van der Waals surface area contributed by atoms with E-state index in [2.05, 4.69) is 4.98 Å². The van der Waals surface area contributed by atoms with Crippen molar-refractivity contribution in [1.29, 1.82) is 0 Å². The van der Waals surface area contributed by atoms with E-state index in [4.69, 9.17) is 11.6 Å². The van der Waals surface area contributed by atoms with E-state index >= 15 is 0 Å². The van der Waals surface area contributed by atoms with Crippen LogP contribution in [0.2, 0.25) is 5.02 Å². The quantitative estimate of drug-likeness (QED) is 0.666. The van der Waals surface area contributed by atoms with Gasteiger partial charge in [0, 0.05) is 18.8 Å². The van der Waals surface area contributed by atoms with E-state index in [0.29, 0.717) is 11.9 Å². The summed E-state index contributed by atoms with van der Waals surface area (Å²) in [4.78, 5) is 27.4. The van der Waals surface area contributed by atoms with Crippen LogP contribution >= 0.6 is 11.6 Å². The average molecular weight is 370 g/mol. The van der Waals surface area contributed by atoms with E-state index in [1.807, 2.05) is 0 Å². The van der Waals surface area contributed by atoms with Gasteiger partial charge in [0.15, 0.2) is 0 Å². The Labute approximate surface area is 144 Å². The number of aryl methyl sites for hydroxylation is 1. The summed E-state index contributed by atoms with van der Waals surface area (Å²) in [6, 6.07) is 3.44. The van der Waals surface area contributed by atoms with Gasteiger partial charge in [0.1, 0.15) is 18.3 Å². The summed E-state index contributed by atoms with van der Waals surface area (Å²) in [6.07, 6.45) is -1.32. The molecular formula is C16H11ClF3N3O2. The number of alkyl halides is 3. The second-order valence-corrected chi connectivity index (χ2v) is 5.82. The largest absolute Gasteiger partial charge is 0.417 e. The molecule has 0 aliphatic carbocycles. The van der Waals surface area contributed by atoms with Gasteiger partial charge in [-0.3, -0.25) is 9.36 Å². The lowest BCUT2D eigenvalue weighted by molar-refractivity contribution is -0.137. The van der Waals surface area contributed by atoms with Gasteiger partial charge in [0.25, 0.3) is 5.56 Å². The number of carbonyl (C=O) groups is 1. The van der Waals surface area contributed by atoms with E-state index < -0.39 is 22.3 Å². The molecule has 0 fully saturated rings. The van der Waals surface area contributed by atoms with Gasteiger partial charge in [-0.15, -0.1) is 0 Å². The highest BCUT2D eigenvalue weighted by Gasteiger charge is 2.33. The summed E-state index contributed by atoms with van der Waals surface area (Å²) in [6.45, 7) is -0.190. The number of aldehydes is 1. The highest BCUT2D eigenvalue weighted by molar-refractivity contribution is 6.31. The zero-order valence-electron chi connectivity index (χ0n) is 12.8. The SMILES string of the molecule is Cn1cc(-c2ccc(Cl)c(C(F)(F)F)c2)c2c(=O)n(CC=O)cnc21. The molecule has 0 bridgehead atoms. The molecule has 0 aliphatic rings. The molecule has 0 radical (unpaired) electrons. The molecule has 3 rings (SSSR count). The predicted octanol–water partition coefficient (Wildman–Crippen LogP) is 3.27. The molecule has 0 saturated carbocycles. The minimum absolute atomic E-state index is 0.141. The second kappa shape index (κ2) is 6.03. The fraction of sp³-hybridized carbons (Fsp3) is 0.188. The van der Waals surface area contributed by atoms with Crippen molar-refractivity contribution in [2.24, 2.45) is 7.05 Å². The fourth-order valence-electron chi connectivity index (χ4n) is 2.64. The third-order valence-corrected chi connectivity index (χ3v) is 4.13. The van der Waals surface area contributed by atoms with Crippen LogP contribution in [0.1, 0.15) is 5.56 Å². The molecule has 0 spiro atoms. The zero-order valence-corrected chi connectivity index (χ0v) is 13.6. The average Bonchev–Trinajstić information content (AvgIpc) is 2.87. The van der Waals surface area contributed by atoms with Crippen LogP contribution in [0.4, 0.5) is 13.2 Å². The maximum absolute atomic E-state index is 13.1. The van der Waals surface area contributed by atoms with Crippen LogP contribution in [0.5, 0.6) is 0 Å². The lowest BCUT2D eigenvalue weighted by Gasteiger charge is -2.10. The lowest BCUT2D eigenvalue weighted by atomic mass is 10.0. The van der Waals surface area contributed by atoms with Crippen molar-refractivity contribution in [1.82, 2.24) is 14.1 Å². The van der Waals surface area contributed by atoms with Crippen LogP contribution in [0.25, 0.3) is 22.2 Å². The first-order valence-electron chi connectivity index (χ1n) is 7.09. The number of halogens is 4. The van der Waals surface area contributed by atoms with E-state index in [1.54, 1.807) is 11.6 Å². The summed E-state index contributed by atoms with van der Waals surface area (Å²) < 4.78 is 41.9. The van der Waals surface area contributed by atoms with Crippen molar-refractivity contribution in [3.8, 4) is 11.1 Å². The van der Waals surface area contributed by atoms with Gasteiger partial charge in [-0.25, -0.2) is 4.98 Å². The molecule has 9 heteroatoms. The Morgan fingerprint density at radius 1 is 1.32 bits per heavy atom. The molecule has 0 saturated heterocycles. The van der Waals surface area contributed by atoms with Crippen LogP contribution in [0.15, 0.2) is 35.5 Å².